The summed E-state index contributed by atoms with van der Waals surface area (Å²) >= 11 is 1.29. The van der Waals surface area contributed by atoms with Crippen molar-refractivity contribution < 1.29 is 9.31 Å². The van der Waals surface area contributed by atoms with Gasteiger partial charge < -0.3 is 5.32 Å². The van der Waals surface area contributed by atoms with Crippen molar-refractivity contribution in [1.29, 1.82) is 0 Å². The Morgan fingerprint density at radius 2 is 2.05 bits per heavy atom. The van der Waals surface area contributed by atoms with E-state index in [0.29, 0.717) is 22.0 Å². The number of non-ortho nitro benzene ring substituents is 1. The van der Waals surface area contributed by atoms with Crippen molar-refractivity contribution in [3.63, 3.8) is 0 Å². The van der Waals surface area contributed by atoms with Crippen LogP contribution >= 0.6 is 11.8 Å². The first-order chi connectivity index (χ1) is 9.58. The molecular formula is C14H13FN2O2S. The molecule has 0 aliphatic carbocycles. The second-order valence-corrected chi connectivity index (χ2v) is 5.21. The Bertz CT molecular complexity index is 634. The predicted molar refractivity (Wildman–Crippen MR) is 77.8 cm³/mol. The van der Waals surface area contributed by atoms with E-state index in [4.69, 9.17) is 0 Å². The Balaban J connectivity index is 2.32. The molecule has 0 heterocycles. The first kappa shape index (κ1) is 14.3. The molecule has 0 radical (unpaired) electrons. The number of hydrogen-bond acceptors (Lipinski definition) is 4. The van der Waals surface area contributed by atoms with E-state index in [1.54, 1.807) is 12.1 Å². The summed E-state index contributed by atoms with van der Waals surface area (Å²) in [5.41, 5.74) is 0.697. The number of nitro groups is 1. The molecule has 0 aliphatic heterocycles. The van der Waals surface area contributed by atoms with Crippen molar-refractivity contribution in [3.05, 3.63) is 58.4 Å². The van der Waals surface area contributed by atoms with Crippen LogP contribution < -0.4 is 5.32 Å². The van der Waals surface area contributed by atoms with E-state index >= 15 is 0 Å². The number of hydrogen-bond donors (Lipinski definition) is 1. The third kappa shape index (κ3) is 3.71. The fourth-order valence-corrected chi connectivity index (χ4v) is 2.68. The van der Waals surface area contributed by atoms with Crippen molar-refractivity contribution >= 4 is 23.1 Å². The standard InChI is InChI=1S/C14H13FN2O2S/c1-2-16-11-7-12(17(18)19)9-14(8-11)20-13-5-3-4-10(15)6-13/h3-9,16H,2H2,1H3. The summed E-state index contributed by atoms with van der Waals surface area (Å²) in [4.78, 5) is 11.9. The van der Waals surface area contributed by atoms with Crippen molar-refractivity contribution in [3.8, 4) is 0 Å². The molecule has 0 atom stereocenters. The van der Waals surface area contributed by atoms with E-state index in [9.17, 15) is 14.5 Å². The number of benzene rings is 2. The van der Waals surface area contributed by atoms with Gasteiger partial charge in [0.25, 0.3) is 5.69 Å². The number of halogens is 1. The summed E-state index contributed by atoms with van der Waals surface area (Å²) in [5.74, 6) is -0.327. The molecule has 104 valence electrons. The molecular weight excluding hydrogens is 279 g/mol. The molecule has 0 unspecified atom stereocenters. The monoisotopic (exact) mass is 292 g/mol. The van der Waals surface area contributed by atoms with Gasteiger partial charge in [-0.05, 0) is 31.2 Å². The van der Waals surface area contributed by atoms with Crippen molar-refractivity contribution in [1.82, 2.24) is 0 Å². The summed E-state index contributed by atoms with van der Waals surface area (Å²) in [7, 11) is 0. The summed E-state index contributed by atoms with van der Waals surface area (Å²) in [5, 5.41) is 14.0. The minimum Gasteiger partial charge on any atom is -0.385 e. The second kappa shape index (κ2) is 6.38. The lowest BCUT2D eigenvalue weighted by molar-refractivity contribution is -0.385. The van der Waals surface area contributed by atoms with Gasteiger partial charge in [-0.15, -0.1) is 0 Å². The molecule has 0 aromatic heterocycles. The van der Waals surface area contributed by atoms with Crippen LogP contribution in [0.4, 0.5) is 15.8 Å². The number of nitrogens with zero attached hydrogens (tertiary/aromatic N) is 1. The number of nitro benzene ring substituents is 1. The summed E-state index contributed by atoms with van der Waals surface area (Å²) < 4.78 is 13.1. The Kier molecular flexibility index (Phi) is 4.57. The van der Waals surface area contributed by atoms with E-state index < -0.39 is 4.92 Å². The first-order valence-electron chi connectivity index (χ1n) is 6.05. The lowest BCUT2D eigenvalue weighted by Gasteiger charge is -2.07. The highest BCUT2D eigenvalue weighted by Gasteiger charge is 2.10. The van der Waals surface area contributed by atoms with Gasteiger partial charge in [-0.2, -0.15) is 0 Å². The zero-order valence-corrected chi connectivity index (χ0v) is 11.6. The van der Waals surface area contributed by atoms with E-state index in [2.05, 4.69) is 5.32 Å². The smallest absolute Gasteiger partial charge is 0.272 e. The summed E-state index contributed by atoms with van der Waals surface area (Å²) in [6.07, 6.45) is 0. The first-order valence-corrected chi connectivity index (χ1v) is 6.87. The van der Waals surface area contributed by atoms with E-state index in [0.717, 1.165) is 0 Å². The third-order valence-corrected chi connectivity index (χ3v) is 3.48. The number of nitrogens with one attached hydrogen (secondary N) is 1. The molecule has 2 aromatic carbocycles. The van der Waals surface area contributed by atoms with Crippen LogP contribution in [0, 0.1) is 15.9 Å². The van der Waals surface area contributed by atoms with Gasteiger partial charge in [-0.25, -0.2) is 4.39 Å². The van der Waals surface area contributed by atoms with Crippen LogP contribution in [0.2, 0.25) is 0 Å². The molecule has 6 heteroatoms. The highest BCUT2D eigenvalue weighted by atomic mass is 32.2. The van der Waals surface area contributed by atoms with Crippen LogP contribution in [0.1, 0.15) is 6.92 Å². The lowest BCUT2D eigenvalue weighted by Crippen LogP contribution is -1.98. The minimum absolute atomic E-state index is 0.0161. The molecule has 1 N–H and O–H groups in total. The average molecular weight is 292 g/mol. The highest BCUT2D eigenvalue weighted by molar-refractivity contribution is 7.99. The van der Waals surface area contributed by atoms with E-state index in [-0.39, 0.29) is 11.5 Å². The van der Waals surface area contributed by atoms with Crippen LogP contribution in [-0.4, -0.2) is 11.5 Å². The van der Waals surface area contributed by atoms with Crippen molar-refractivity contribution in [2.24, 2.45) is 0 Å². The maximum atomic E-state index is 13.1. The largest absolute Gasteiger partial charge is 0.385 e. The molecule has 2 rings (SSSR count). The Morgan fingerprint density at radius 3 is 2.70 bits per heavy atom. The van der Waals surface area contributed by atoms with Crippen molar-refractivity contribution in [2.75, 3.05) is 11.9 Å². The molecule has 20 heavy (non-hydrogen) atoms. The Labute approximate surface area is 120 Å². The maximum absolute atomic E-state index is 13.1. The van der Waals surface area contributed by atoms with E-state index in [1.165, 1.54) is 36.0 Å². The van der Waals surface area contributed by atoms with Gasteiger partial charge in [0.1, 0.15) is 5.82 Å². The van der Waals surface area contributed by atoms with Crippen molar-refractivity contribution in [2.45, 2.75) is 16.7 Å². The fraction of sp³-hybridized carbons (Fsp3) is 0.143. The van der Waals surface area contributed by atoms with Crippen LogP contribution in [0.5, 0.6) is 0 Å². The molecule has 0 saturated heterocycles. The lowest BCUT2D eigenvalue weighted by atomic mass is 10.3. The van der Waals surface area contributed by atoms with Crippen LogP contribution in [0.3, 0.4) is 0 Å². The van der Waals surface area contributed by atoms with Gasteiger partial charge in [0.2, 0.25) is 0 Å². The maximum Gasteiger partial charge on any atom is 0.272 e. The molecule has 4 nitrogen and oxygen atoms in total. The molecule has 0 aliphatic rings. The Morgan fingerprint density at radius 1 is 1.25 bits per heavy atom. The molecule has 0 saturated carbocycles. The third-order valence-electron chi connectivity index (χ3n) is 2.51. The molecule has 0 amide bonds. The highest BCUT2D eigenvalue weighted by Crippen LogP contribution is 2.33. The van der Waals surface area contributed by atoms with Crippen LogP contribution in [0.15, 0.2) is 52.3 Å². The Hall–Kier alpha value is -2.08. The SMILES string of the molecule is CCNc1cc(Sc2cccc(F)c2)cc([N+](=O)[O-])c1. The number of anilines is 1. The normalized spacial score (nSPS) is 10.3. The predicted octanol–water partition coefficient (Wildman–Crippen LogP) is 4.32. The van der Waals surface area contributed by atoms with Gasteiger partial charge in [-0.3, -0.25) is 10.1 Å². The van der Waals surface area contributed by atoms with E-state index in [1.807, 2.05) is 13.0 Å². The fourth-order valence-electron chi connectivity index (χ4n) is 1.72. The number of rotatable bonds is 5. The van der Waals surface area contributed by atoms with Gasteiger partial charge in [-0.1, -0.05) is 17.8 Å². The van der Waals surface area contributed by atoms with Gasteiger partial charge >= 0.3 is 0 Å². The zero-order chi connectivity index (χ0) is 14.5. The zero-order valence-electron chi connectivity index (χ0n) is 10.8. The van der Waals surface area contributed by atoms with Gasteiger partial charge in [0.15, 0.2) is 0 Å². The summed E-state index contributed by atoms with van der Waals surface area (Å²) in [6, 6.07) is 10.9. The quantitative estimate of drug-likeness (QED) is 0.658. The molecule has 0 spiro atoms. The topological polar surface area (TPSA) is 55.2 Å². The van der Waals surface area contributed by atoms with Crippen LogP contribution in [-0.2, 0) is 0 Å². The second-order valence-electron chi connectivity index (χ2n) is 4.06. The molecule has 0 bridgehead atoms. The molecule has 0 fully saturated rings. The van der Waals surface area contributed by atoms with Crippen LogP contribution in [0.25, 0.3) is 0 Å². The van der Waals surface area contributed by atoms with Gasteiger partial charge in [0.05, 0.1) is 4.92 Å². The van der Waals surface area contributed by atoms with Gasteiger partial charge in [0, 0.05) is 34.2 Å². The summed E-state index contributed by atoms with van der Waals surface area (Å²) in [6.45, 7) is 2.59. The average Bonchev–Trinajstić information content (AvgIpc) is 2.38. The minimum atomic E-state index is -0.434. The molecule has 2 aromatic rings.